The van der Waals surface area contributed by atoms with Gasteiger partial charge in [-0.2, -0.15) is 0 Å². The van der Waals surface area contributed by atoms with Gasteiger partial charge in [0.05, 0.1) is 0 Å². The number of carbonyl (C=O) groups excluding carboxylic acids is 1. The van der Waals surface area contributed by atoms with Crippen molar-refractivity contribution >= 4 is 11.9 Å². The first-order valence-corrected chi connectivity index (χ1v) is 6.70. The molecule has 3 rings (SSSR count). The predicted molar refractivity (Wildman–Crippen MR) is 77.2 cm³/mol. The molecule has 0 bridgehead atoms. The summed E-state index contributed by atoms with van der Waals surface area (Å²) in [5.74, 6) is -1.15. The third-order valence-corrected chi connectivity index (χ3v) is 3.20. The van der Waals surface area contributed by atoms with E-state index in [2.05, 4.69) is 0 Å². The van der Waals surface area contributed by atoms with Crippen LogP contribution >= 0.6 is 0 Å². The van der Waals surface area contributed by atoms with Crippen LogP contribution in [0.2, 0.25) is 0 Å². The van der Waals surface area contributed by atoms with Crippen LogP contribution in [-0.4, -0.2) is 19.0 Å². The van der Waals surface area contributed by atoms with Crippen molar-refractivity contribution in [1.82, 2.24) is 0 Å². The zero-order valence-corrected chi connectivity index (χ0v) is 11.5. The summed E-state index contributed by atoms with van der Waals surface area (Å²) in [6.45, 7) is 0.991. The third kappa shape index (κ3) is 2.98. The van der Waals surface area contributed by atoms with Gasteiger partial charge >= 0.3 is 0 Å². The van der Waals surface area contributed by atoms with Gasteiger partial charge in [0.15, 0.2) is 28.9 Å². The molecule has 1 heterocycles. The molecule has 1 aliphatic heterocycles. The monoisotopic (exact) mass is 302 g/mol. The highest BCUT2D eigenvalue weighted by molar-refractivity contribution is 6.06. The molecule has 2 aromatic rings. The van der Waals surface area contributed by atoms with E-state index in [1.807, 2.05) is 0 Å². The van der Waals surface area contributed by atoms with Crippen molar-refractivity contribution in [2.75, 3.05) is 13.2 Å². The molecular weight excluding hydrogens is 290 g/mol. The second-order valence-corrected chi connectivity index (χ2v) is 4.73. The molecule has 0 saturated carbocycles. The lowest BCUT2D eigenvalue weighted by molar-refractivity contribution is 0.104. The number of hydrogen-bond acceptors (Lipinski definition) is 3. The molecule has 112 valence electrons. The summed E-state index contributed by atoms with van der Waals surface area (Å²) in [4.78, 5) is 11.9. The van der Waals surface area contributed by atoms with Gasteiger partial charge in [-0.05, 0) is 42.0 Å². The molecule has 0 N–H and O–H groups in total. The maximum absolute atomic E-state index is 13.1. The van der Waals surface area contributed by atoms with Gasteiger partial charge in [-0.15, -0.1) is 0 Å². The van der Waals surface area contributed by atoms with Crippen molar-refractivity contribution in [3.8, 4) is 11.5 Å². The van der Waals surface area contributed by atoms with Gasteiger partial charge in [0.25, 0.3) is 0 Å². The third-order valence-electron chi connectivity index (χ3n) is 3.20. The summed E-state index contributed by atoms with van der Waals surface area (Å²) in [6.07, 6.45) is 2.89. The Bertz CT molecular complexity index is 754. The largest absolute Gasteiger partial charge is 0.486 e. The Labute approximate surface area is 125 Å². The quantitative estimate of drug-likeness (QED) is 0.641. The van der Waals surface area contributed by atoms with Crippen LogP contribution in [0.3, 0.4) is 0 Å². The van der Waals surface area contributed by atoms with E-state index in [0.29, 0.717) is 24.7 Å². The Morgan fingerprint density at radius 1 is 0.955 bits per heavy atom. The minimum absolute atomic E-state index is 0.0905. The average molecular weight is 302 g/mol. The van der Waals surface area contributed by atoms with Gasteiger partial charge in [0.2, 0.25) is 0 Å². The van der Waals surface area contributed by atoms with Crippen molar-refractivity contribution in [2.45, 2.75) is 0 Å². The Morgan fingerprint density at radius 3 is 2.50 bits per heavy atom. The van der Waals surface area contributed by atoms with Crippen molar-refractivity contribution < 1.29 is 23.0 Å². The molecule has 1 aliphatic rings. The SMILES string of the molecule is O=C(/C=C/c1ccc2c(c1)OCCO2)c1ccc(F)c(F)c1. The van der Waals surface area contributed by atoms with Crippen LogP contribution in [-0.2, 0) is 0 Å². The van der Waals surface area contributed by atoms with Crippen LogP contribution in [0.15, 0.2) is 42.5 Å². The Hall–Kier alpha value is -2.69. The minimum atomic E-state index is -1.04. The van der Waals surface area contributed by atoms with E-state index < -0.39 is 17.4 Å². The van der Waals surface area contributed by atoms with Gasteiger partial charge in [0.1, 0.15) is 13.2 Å². The molecular formula is C17H12F2O3. The van der Waals surface area contributed by atoms with Gasteiger partial charge in [-0.1, -0.05) is 12.1 Å². The highest BCUT2D eigenvalue weighted by Crippen LogP contribution is 2.31. The molecule has 0 atom stereocenters. The lowest BCUT2D eigenvalue weighted by Crippen LogP contribution is -2.15. The average Bonchev–Trinajstić information content (AvgIpc) is 2.55. The van der Waals surface area contributed by atoms with Crippen molar-refractivity contribution in [3.05, 3.63) is 65.2 Å². The summed E-state index contributed by atoms with van der Waals surface area (Å²) in [7, 11) is 0. The van der Waals surface area contributed by atoms with E-state index in [0.717, 1.165) is 17.7 Å². The van der Waals surface area contributed by atoms with Gasteiger partial charge in [-0.3, -0.25) is 4.79 Å². The van der Waals surface area contributed by atoms with Crippen LogP contribution in [0.5, 0.6) is 11.5 Å². The van der Waals surface area contributed by atoms with Gasteiger partial charge in [0, 0.05) is 5.56 Å². The van der Waals surface area contributed by atoms with E-state index in [1.54, 1.807) is 24.3 Å². The summed E-state index contributed by atoms with van der Waals surface area (Å²) in [5, 5.41) is 0. The molecule has 0 fully saturated rings. The number of benzene rings is 2. The highest BCUT2D eigenvalue weighted by atomic mass is 19.2. The number of carbonyl (C=O) groups is 1. The number of halogens is 2. The molecule has 5 heteroatoms. The molecule has 0 radical (unpaired) electrons. The molecule has 22 heavy (non-hydrogen) atoms. The second kappa shape index (κ2) is 5.97. The van der Waals surface area contributed by atoms with E-state index in [4.69, 9.17) is 9.47 Å². The molecule has 0 aromatic heterocycles. The molecule has 0 saturated heterocycles. The highest BCUT2D eigenvalue weighted by Gasteiger charge is 2.11. The maximum Gasteiger partial charge on any atom is 0.185 e. The molecule has 0 aliphatic carbocycles. The number of hydrogen-bond donors (Lipinski definition) is 0. The van der Waals surface area contributed by atoms with E-state index in [1.165, 1.54) is 12.1 Å². The number of ether oxygens (including phenoxy) is 2. The van der Waals surface area contributed by atoms with Gasteiger partial charge < -0.3 is 9.47 Å². The molecule has 0 amide bonds. The van der Waals surface area contributed by atoms with E-state index >= 15 is 0 Å². The van der Waals surface area contributed by atoms with Crippen molar-refractivity contribution in [2.24, 2.45) is 0 Å². The molecule has 3 nitrogen and oxygen atoms in total. The first kappa shape index (κ1) is 14.3. The smallest absolute Gasteiger partial charge is 0.185 e. The standard InChI is InChI=1S/C17H12F2O3/c18-13-4-3-12(10-14(13)19)15(20)5-1-11-2-6-16-17(9-11)22-8-7-21-16/h1-6,9-10H,7-8H2/b5-1+. The lowest BCUT2D eigenvalue weighted by Gasteiger charge is -2.18. The number of fused-ring (bicyclic) bond motifs is 1. The summed E-state index contributed by atoms with van der Waals surface area (Å²) >= 11 is 0. The first-order chi connectivity index (χ1) is 10.6. The van der Waals surface area contributed by atoms with E-state index in [9.17, 15) is 13.6 Å². The maximum atomic E-state index is 13.1. The van der Waals surface area contributed by atoms with Crippen molar-refractivity contribution in [1.29, 1.82) is 0 Å². The fraction of sp³-hybridized carbons (Fsp3) is 0.118. The lowest BCUT2D eigenvalue weighted by atomic mass is 10.1. The minimum Gasteiger partial charge on any atom is -0.486 e. The number of rotatable bonds is 3. The van der Waals surface area contributed by atoms with Crippen LogP contribution in [0.25, 0.3) is 6.08 Å². The zero-order chi connectivity index (χ0) is 15.5. The molecule has 0 unspecified atom stereocenters. The van der Waals surface area contributed by atoms with Gasteiger partial charge in [-0.25, -0.2) is 8.78 Å². The van der Waals surface area contributed by atoms with Crippen LogP contribution in [0.4, 0.5) is 8.78 Å². The summed E-state index contributed by atoms with van der Waals surface area (Å²) < 4.78 is 36.8. The topological polar surface area (TPSA) is 35.5 Å². The summed E-state index contributed by atoms with van der Waals surface area (Å²) in [5.41, 5.74) is 0.841. The van der Waals surface area contributed by atoms with Crippen LogP contribution in [0, 0.1) is 11.6 Å². The van der Waals surface area contributed by atoms with Crippen LogP contribution in [0.1, 0.15) is 15.9 Å². The predicted octanol–water partition coefficient (Wildman–Crippen LogP) is 3.63. The number of ketones is 1. The zero-order valence-electron chi connectivity index (χ0n) is 11.5. The summed E-state index contributed by atoms with van der Waals surface area (Å²) in [6, 6.07) is 8.35. The Morgan fingerprint density at radius 2 is 1.73 bits per heavy atom. The fourth-order valence-electron chi connectivity index (χ4n) is 2.08. The fourth-order valence-corrected chi connectivity index (χ4v) is 2.08. The normalized spacial score (nSPS) is 13.4. The van der Waals surface area contributed by atoms with E-state index in [-0.39, 0.29) is 5.56 Å². The Kier molecular flexibility index (Phi) is 3.87. The second-order valence-electron chi connectivity index (χ2n) is 4.73. The molecule has 2 aromatic carbocycles. The first-order valence-electron chi connectivity index (χ1n) is 6.70. The number of allylic oxidation sites excluding steroid dienone is 1. The van der Waals surface area contributed by atoms with Crippen LogP contribution < -0.4 is 9.47 Å². The molecule has 0 spiro atoms. The Balaban J connectivity index is 1.78. The van der Waals surface area contributed by atoms with Crippen molar-refractivity contribution in [3.63, 3.8) is 0 Å².